The van der Waals surface area contributed by atoms with Gasteiger partial charge in [-0.25, -0.2) is 4.98 Å². The average Bonchev–Trinajstić information content (AvgIpc) is 3.74. The van der Waals surface area contributed by atoms with Crippen LogP contribution >= 0.6 is 0 Å². The Balaban J connectivity index is 1.21. The first-order chi connectivity index (χ1) is 30.8. The number of hydrogen-bond donors (Lipinski definition) is 0. The second-order valence-corrected chi connectivity index (χ2v) is 14.0. The Bertz CT molecular complexity index is 3630. The Morgan fingerprint density at radius 2 is 0.930 bits per heavy atom. The van der Waals surface area contributed by atoms with Gasteiger partial charge in [0.2, 0.25) is 0 Å². The third-order valence-corrected chi connectivity index (χ3v) is 10.7. The fraction of sp³-hybridized carbons (Fsp3) is 0. The van der Waals surface area contributed by atoms with E-state index in [1.807, 2.05) is 133 Å². The third-order valence-electron chi connectivity index (χ3n) is 10.7. The number of nitrogens with zero attached hydrogens (tertiary/aromatic N) is 2. The molecule has 0 fully saturated rings. The number of fused-ring (bicyclic) bond motifs is 5. The molecule has 0 bridgehead atoms. The number of furan rings is 1. The molecule has 0 aliphatic heterocycles. The number of rotatable bonds is 6. The summed E-state index contributed by atoms with van der Waals surface area (Å²) < 4.78 is 62.9. The van der Waals surface area contributed by atoms with Crippen molar-refractivity contribution in [1.29, 1.82) is 0 Å². The molecule has 57 heavy (non-hydrogen) atoms. The Labute approximate surface area is 338 Å². The molecule has 0 N–H and O–H groups in total. The molecular formula is C54H34N2O. The molecule has 3 heteroatoms. The van der Waals surface area contributed by atoms with E-state index < -0.39 is 12.1 Å². The molecule has 0 aliphatic rings. The van der Waals surface area contributed by atoms with Gasteiger partial charge in [-0.3, -0.25) is 4.98 Å². The lowest BCUT2D eigenvalue weighted by atomic mass is 9.87. The molecule has 0 spiro atoms. The predicted octanol–water partition coefficient (Wildman–Crippen LogP) is 14.7. The van der Waals surface area contributed by atoms with Gasteiger partial charge >= 0.3 is 0 Å². The standard InChI is InChI=1S/C54H34N2O/c1-4-15-35(16-5-1)49-50(36-17-6-2-7-18-36)54(57-53(49)39-19-8-3-9-20-39)47-32-30-45(41-23-11-13-25-43(41)47)44-29-31-46(42-24-12-10-22-40(42)44)48-33-28-38-27-26-37-21-14-34-55-51(37)52(38)56-48/h1-34H/i10D,12D,22D,24D,29D,31D. The van der Waals surface area contributed by atoms with Crippen molar-refractivity contribution in [3.05, 3.63) is 206 Å². The average molecular weight is 733 g/mol. The van der Waals surface area contributed by atoms with Gasteiger partial charge in [0.25, 0.3) is 0 Å². The van der Waals surface area contributed by atoms with Crippen LogP contribution in [0.4, 0.5) is 0 Å². The van der Waals surface area contributed by atoms with E-state index in [9.17, 15) is 5.48 Å². The molecule has 8 aromatic carbocycles. The zero-order chi connectivity index (χ0) is 42.9. The van der Waals surface area contributed by atoms with Crippen LogP contribution in [0.2, 0.25) is 0 Å². The minimum Gasteiger partial charge on any atom is -0.455 e. The van der Waals surface area contributed by atoms with Gasteiger partial charge < -0.3 is 4.42 Å². The van der Waals surface area contributed by atoms with Crippen molar-refractivity contribution in [3.8, 4) is 67.3 Å². The first-order valence-electron chi connectivity index (χ1n) is 21.8. The number of benzene rings is 8. The Morgan fingerprint density at radius 3 is 1.63 bits per heavy atom. The van der Waals surface area contributed by atoms with Crippen LogP contribution in [0.15, 0.2) is 211 Å². The van der Waals surface area contributed by atoms with Crippen molar-refractivity contribution >= 4 is 43.4 Å². The smallest absolute Gasteiger partial charge is 0.143 e. The van der Waals surface area contributed by atoms with Crippen molar-refractivity contribution in [2.45, 2.75) is 0 Å². The number of hydrogen-bond acceptors (Lipinski definition) is 3. The van der Waals surface area contributed by atoms with Crippen LogP contribution in [0.25, 0.3) is 111 Å². The van der Waals surface area contributed by atoms with Crippen molar-refractivity contribution in [2.75, 3.05) is 0 Å². The zero-order valence-corrected chi connectivity index (χ0v) is 30.5. The van der Waals surface area contributed by atoms with Gasteiger partial charge in [-0.1, -0.05) is 182 Å². The second kappa shape index (κ2) is 13.6. The maximum absolute atomic E-state index is 9.75. The number of pyridine rings is 2. The molecule has 0 amide bonds. The van der Waals surface area contributed by atoms with Crippen molar-refractivity contribution in [3.63, 3.8) is 0 Å². The summed E-state index contributed by atoms with van der Waals surface area (Å²) in [6, 6.07) is 51.6. The van der Waals surface area contributed by atoms with Gasteiger partial charge in [0.05, 0.1) is 25.0 Å². The van der Waals surface area contributed by atoms with Crippen LogP contribution in [0.3, 0.4) is 0 Å². The molecule has 3 aromatic heterocycles. The molecular weight excluding hydrogens is 693 g/mol. The van der Waals surface area contributed by atoms with Gasteiger partial charge in [0.1, 0.15) is 11.5 Å². The molecule has 0 saturated carbocycles. The van der Waals surface area contributed by atoms with E-state index >= 15 is 0 Å². The molecule has 0 saturated heterocycles. The lowest BCUT2D eigenvalue weighted by Gasteiger charge is -2.16. The molecule has 0 unspecified atom stereocenters. The molecule has 266 valence electrons. The van der Waals surface area contributed by atoms with Crippen LogP contribution in [-0.4, -0.2) is 9.97 Å². The van der Waals surface area contributed by atoms with Gasteiger partial charge in [0.15, 0.2) is 0 Å². The Hall–Kier alpha value is -7.62. The first kappa shape index (κ1) is 27.0. The second-order valence-electron chi connectivity index (χ2n) is 14.0. The van der Waals surface area contributed by atoms with Crippen LogP contribution in [0.5, 0.6) is 0 Å². The highest BCUT2D eigenvalue weighted by atomic mass is 16.3. The molecule has 11 aromatic rings. The summed E-state index contributed by atoms with van der Waals surface area (Å²) in [7, 11) is 0. The predicted molar refractivity (Wildman–Crippen MR) is 237 cm³/mol. The Kier molecular flexibility index (Phi) is 6.45. The summed E-state index contributed by atoms with van der Waals surface area (Å²) in [5.74, 6) is 1.38. The van der Waals surface area contributed by atoms with E-state index in [1.165, 1.54) is 0 Å². The number of aromatic nitrogens is 2. The van der Waals surface area contributed by atoms with Crippen LogP contribution in [-0.2, 0) is 0 Å². The molecule has 3 heterocycles. The van der Waals surface area contributed by atoms with E-state index in [2.05, 4.69) is 29.2 Å². The quantitative estimate of drug-likeness (QED) is 0.160. The van der Waals surface area contributed by atoms with Gasteiger partial charge in [-0.2, -0.15) is 0 Å². The molecule has 0 radical (unpaired) electrons. The fourth-order valence-electron chi connectivity index (χ4n) is 8.08. The normalized spacial score (nSPS) is 13.0. The van der Waals surface area contributed by atoms with Crippen LogP contribution in [0.1, 0.15) is 8.22 Å². The molecule has 0 atom stereocenters. The minimum absolute atomic E-state index is 0.127. The zero-order valence-electron chi connectivity index (χ0n) is 36.5. The SMILES string of the molecule is [2H]c1c([2H])c([2H])c2c(-c3ccc(-c4oc(-c5ccccc5)c(-c5ccccc5)c4-c4ccccc4)c4ccccc34)c([2H])c([2H])c(-c3ccc4ccc5cccnc5c4n3)c2c1[2H]. The van der Waals surface area contributed by atoms with Crippen molar-refractivity contribution < 1.29 is 12.6 Å². The topological polar surface area (TPSA) is 38.9 Å². The summed E-state index contributed by atoms with van der Waals surface area (Å²) in [6.45, 7) is 0. The maximum Gasteiger partial charge on any atom is 0.143 e. The first-order valence-corrected chi connectivity index (χ1v) is 18.8. The Morgan fingerprint density at radius 1 is 0.386 bits per heavy atom. The summed E-state index contributed by atoms with van der Waals surface area (Å²) in [6.07, 6.45) is 1.70. The summed E-state index contributed by atoms with van der Waals surface area (Å²) >= 11 is 0. The summed E-state index contributed by atoms with van der Waals surface area (Å²) in [5.41, 5.74) is 8.09. The van der Waals surface area contributed by atoms with E-state index in [0.29, 0.717) is 28.1 Å². The lowest BCUT2D eigenvalue weighted by molar-refractivity contribution is 0.599. The van der Waals surface area contributed by atoms with Crippen LogP contribution < -0.4 is 0 Å². The minimum atomic E-state index is -0.431. The van der Waals surface area contributed by atoms with E-state index in [1.54, 1.807) is 12.3 Å². The molecule has 3 nitrogen and oxygen atoms in total. The maximum atomic E-state index is 9.75. The fourth-order valence-corrected chi connectivity index (χ4v) is 8.08. The van der Waals surface area contributed by atoms with Gasteiger partial charge in [-0.05, 0) is 62.0 Å². The highest BCUT2D eigenvalue weighted by molar-refractivity contribution is 6.14. The largest absolute Gasteiger partial charge is 0.455 e. The van der Waals surface area contributed by atoms with Gasteiger partial charge in [0, 0.05) is 44.8 Å². The third kappa shape index (κ3) is 5.51. The summed E-state index contributed by atoms with van der Waals surface area (Å²) in [4.78, 5) is 9.60. The highest BCUT2D eigenvalue weighted by Crippen LogP contribution is 2.50. The van der Waals surface area contributed by atoms with E-state index in [0.717, 1.165) is 60.7 Å². The van der Waals surface area contributed by atoms with E-state index in [-0.39, 0.29) is 46.1 Å². The highest BCUT2D eigenvalue weighted by Gasteiger charge is 2.26. The molecule has 11 rings (SSSR count). The molecule has 0 aliphatic carbocycles. The van der Waals surface area contributed by atoms with Crippen LogP contribution in [0, 0.1) is 0 Å². The van der Waals surface area contributed by atoms with Crippen molar-refractivity contribution in [2.24, 2.45) is 0 Å². The van der Waals surface area contributed by atoms with Gasteiger partial charge in [-0.15, -0.1) is 0 Å². The van der Waals surface area contributed by atoms with Crippen molar-refractivity contribution in [1.82, 2.24) is 9.97 Å². The lowest BCUT2D eigenvalue weighted by Crippen LogP contribution is -1.92. The summed E-state index contributed by atoms with van der Waals surface area (Å²) in [5, 5.41) is 3.52. The van der Waals surface area contributed by atoms with E-state index in [4.69, 9.17) is 12.1 Å². The monoisotopic (exact) mass is 732 g/mol.